The first-order valence-electron chi connectivity index (χ1n) is 6.68. The zero-order valence-corrected chi connectivity index (χ0v) is 13.4. The van der Waals surface area contributed by atoms with Crippen LogP contribution >= 0.6 is 11.3 Å². The lowest BCUT2D eigenvalue weighted by atomic mass is 10.0. The smallest absolute Gasteiger partial charge is 0.165 e. The summed E-state index contributed by atoms with van der Waals surface area (Å²) in [6.07, 6.45) is 1.57. The molecule has 0 N–H and O–H groups in total. The van der Waals surface area contributed by atoms with Crippen molar-refractivity contribution in [3.8, 4) is 0 Å². The van der Waals surface area contributed by atoms with Crippen LogP contribution in [0.15, 0.2) is 17.5 Å². The van der Waals surface area contributed by atoms with Crippen molar-refractivity contribution in [3.05, 3.63) is 22.4 Å². The zero-order valence-electron chi connectivity index (χ0n) is 12.6. The Kier molecular flexibility index (Phi) is 6.17. The van der Waals surface area contributed by atoms with Crippen molar-refractivity contribution in [1.29, 1.82) is 0 Å². The molecule has 0 saturated carbocycles. The van der Waals surface area contributed by atoms with Gasteiger partial charge in [0.25, 0.3) is 0 Å². The van der Waals surface area contributed by atoms with Crippen LogP contribution in [0.4, 0.5) is 0 Å². The number of rotatable bonds is 8. The second kappa shape index (κ2) is 7.17. The normalized spacial score (nSPS) is 13.8. The maximum Gasteiger partial charge on any atom is 0.165 e. The van der Waals surface area contributed by atoms with Gasteiger partial charge in [-0.2, -0.15) is 0 Å². The van der Waals surface area contributed by atoms with Gasteiger partial charge in [-0.15, -0.1) is 11.3 Å². The standard InChI is InChI=1S/C15H25NO2S/c1-12(11-13-7-6-10-19-13)16(4)9-8-14(17)15(2,3)18-5/h6-7,10,12H,8-9,11H2,1-5H3. The van der Waals surface area contributed by atoms with Crippen LogP contribution in [-0.2, 0) is 16.0 Å². The number of nitrogens with zero attached hydrogens (tertiary/aromatic N) is 1. The molecule has 1 atom stereocenters. The molecule has 0 fully saturated rings. The number of carbonyl (C=O) groups excluding carboxylic acids is 1. The number of methoxy groups -OCH3 is 1. The van der Waals surface area contributed by atoms with E-state index >= 15 is 0 Å². The summed E-state index contributed by atoms with van der Waals surface area (Å²) < 4.78 is 5.21. The number of hydrogen-bond donors (Lipinski definition) is 0. The van der Waals surface area contributed by atoms with Crippen LogP contribution in [0.1, 0.15) is 32.1 Å². The monoisotopic (exact) mass is 283 g/mol. The minimum absolute atomic E-state index is 0.158. The van der Waals surface area contributed by atoms with Crippen LogP contribution in [0.3, 0.4) is 0 Å². The molecule has 1 aromatic heterocycles. The van der Waals surface area contributed by atoms with Gasteiger partial charge in [0, 0.05) is 31.0 Å². The lowest BCUT2D eigenvalue weighted by Crippen LogP contribution is -2.38. The highest BCUT2D eigenvalue weighted by atomic mass is 32.1. The van der Waals surface area contributed by atoms with Crippen molar-refractivity contribution in [2.24, 2.45) is 0 Å². The van der Waals surface area contributed by atoms with Crippen LogP contribution < -0.4 is 0 Å². The molecule has 3 nitrogen and oxygen atoms in total. The quantitative estimate of drug-likeness (QED) is 0.734. The second-order valence-electron chi connectivity index (χ2n) is 5.50. The van der Waals surface area contributed by atoms with E-state index in [-0.39, 0.29) is 5.78 Å². The Hall–Kier alpha value is -0.710. The third-order valence-electron chi connectivity index (χ3n) is 3.70. The molecule has 1 unspecified atom stereocenters. The Morgan fingerprint density at radius 1 is 1.53 bits per heavy atom. The van der Waals surface area contributed by atoms with Crippen molar-refractivity contribution in [3.63, 3.8) is 0 Å². The molecule has 0 spiro atoms. The van der Waals surface area contributed by atoms with Crippen molar-refractivity contribution in [2.45, 2.75) is 45.3 Å². The Balaban J connectivity index is 2.38. The van der Waals surface area contributed by atoms with Gasteiger partial charge in [-0.1, -0.05) is 6.07 Å². The van der Waals surface area contributed by atoms with Crippen LogP contribution in [0, 0.1) is 0 Å². The molecule has 1 heterocycles. The summed E-state index contributed by atoms with van der Waals surface area (Å²) in [5.41, 5.74) is -0.669. The molecule has 1 aromatic rings. The maximum atomic E-state index is 12.0. The first kappa shape index (κ1) is 16.3. The summed E-state index contributed by atoms with van der Waals surface area (Å²) in [6, 6.07) is 4.68. The van der Waals surface area contributed by atoms with Gasteiger partial charge >= 0.3 is 0 Å². The highest BCUT2D eigenvalue weighted by molar-refractivity contribution is 7.09. The molecule has 0 aliphatic carbocycles. The minimum atomic E-state index is -0.669. The number of thiophene rings is 1. The zero-order chi connectivity index (χ0) is 14.5. The number of ether oxygens (including phenoxy) is 1. The molecular formula is C15H25NO2S. The fourth-order valence-corrected chi connectivity index (χ4v) is 2.62. The molecule has 1 rings (SSSR count). The third kappa shape index (κ3) is 5.05. The van der Waals surface area contributed by atoms with Crippen LogP contribution in [0.2, 0.25) is 0 Å². The predicted octanol–water partition coefficient (Wildman–Crippen LogP) is 3.00. The lowest BCUT2D eigenvalue weighted by molar-refractivity contribution is -0.137. The van der Waals surface area contributed by atoms with Gasteiger partial charge in [-0.3, -0.25) is 4.79 Å². The van der Waals surface area contributed by atoms with E-state index in [1.165, 1.54) is 4.88 Å². The summed E-state index contributed by atoms with van der Waals surface area (Å²) in [5.74, 6) is 0.158. The summed E-state index contributed by atoms with van der Waals surface area (Å²) in [5, 5.41) is 2.10. The van der Waals surface area contributed by atoms with E-state index in [0.29, 0.717) is 12.5 Å². The number of ketones is 1. The Morgan fingerprint density at radius 3 is 2.74 bits per heavy atom. The Bertz CT molecular complexity index is 387. The van der Waals surface area contributed by atoms with Gasteiger partial charge < -0.3 is 9.64 Å². The van der Waals surface area contributed by atoms with Crippen molar-refractivity contribution in [2.75, 3.05) is 20.7 Å². The molecule has 108 valence electrons. The molecule has 0 aromatic carbocycles. The first-order chi connectivity index (χ1) is 8.86. The highest BCUT2D eigenvalue weighted by Gasteiger charge is 2.26. The van der Waals surface area contributed by atoms with E-state index in [9.17, 15) is 4.79 Å². The fraction of sp³-hybridized carbons (Fsp3) is 0.667. The van der Waals surface area contributed by atoms with E-state index in [4.69, 9.17) is 4.74 Å². The highest BCUT2D eigenvalue weighted by Crippen LogP contribution is 2.15. The van der Waals surface area contributed by atoms with Crippen molar-refractivity contribution in [1.82, 2.24) is 4.90 Å². The van der Waals surface area contributed by atoms with Crippen LogP contribution in [0.5, 0.6) is 0 Å². The first-order valence-corrected chi connectivity index (χ1v) is 7.56. The van der Waals surface area contributed by atoms with Gasteiger partial charge in [0.1, 0.15) is 5.60 Å². The summed E-state index contributed by atoms with van der Waals surface area (Å²) in [4.78, 5) is 15.6. The third-order valence-corrected chi connectivity index (χ3v) is 4.60. The van der Waals surface area contributed by atoms with Crippen molar-refractivity contribution >= 4 is 17.1 Å². The summed E-state index contributed by atoms with van der Waals surface area (Å²) in [6.45, 7) is 6.62. The molecule has 0 bridgehead atoms. The summed E-state index contributed by atoms with van der Waals surface area (Å²) in [7, 11) is 3.66. The van der Waals surface area contributed by atoms with Gasteiger partial charge in [0.15, 0.2) is 5.78 Å². The molecule has 0 aliphatic heterocycles. The SMILES string of the molecule is COC(C)(C)C(=O)CCN(C)C(C)Cc1cccs1. The Labute approximate surface area is 120 Å². The lowest BCUT2D eigenvalue weighted by Gasteiger charge is -2.26. The Morgan fingerprint density at radius 2 is 2.21 bits per heavy atom. The van der Waals surface area contributed by atoms with Gasteiger partial charge in [-0.25, -0.2) is 0 Å². The second-order valence-corrected chi connectivity index (χ2v) is 6.53. The number of likely N-dealkylation sites (N-methyl/N-ethyl adjacent to an activating group) is 1. The predicted molar refractivity (Wildman–Crippen MR) is 80.8 cm³/mol. The minimum Gasteiger partial charge on any atom is -0.371 e. The molecular weight excluding hydrogens is 258 g/mol. The van der Waals surface area contributed by atoms with Gasteiger partial charge in [0.2, 0.25) is 0 Å². The topological polar surface area (TPSA) is 29.5 Å². The number of carbonyl (C=O) groups is 1. The largest absolute Gasteiger partial charge is 0.371 e. The molecule has 19 heavy (non-hydrogen) atoms. The van der Waals surface area contributed by atoms with Crippen LogP contribution in [0.25, 0.3) is 0 Å². The van der Waals surface area contributed by atoms with Gasteiger partial charge in [0.05, 0.1) is 0 Å². The molecule has 4 heteroatoms. The average Bonchev–Trinajstić information content (AvgIpc) is 2.87. The molecule has 0 amide bonds. The van der Waals surface area contributed by atoms with E-state index < -0.39 is 5.60 Å². The average molecular weight is 283 g/mol. The fourth-order valence-electron chi connectivity index (χ4n) is 1.79. The van der Waals surface area contributed by atoms with Crippen LogP contribution in [-0.4, -0.2) is 43.0 Å². The maximum absolute atomic E-state index is 12.0. The molecule has 0 saturated heterocycles. The number of Topliss-reactive ketones (excluding diaryl/α,β-unsaturated/α-hetero) is 1. The number of hydrogen-bond acceptors (Lipinski definition) is 4. The summed E-state index contributed by atoms with van der Waals surface area (Å²) >= 11 is 1.79. The van der Waals surface area contributed by atoms with E-state index in [2.05, 4.69) is 36.4 Å². The van der Waals surface area contributed by atoms with E-state index in [0.717, 1.165) is 13.0 Å². The molecule has 0 aliphatic rings. The molecule has 0 radical (unpaired) electrons. The van der Waals surface area contributed by atoms with E-state index in [1.807, 2.05) is 13.8 Å². The van der Waals surface area contributed by atoms with E-state index in [1.54, 1.807) is 18.4 Å². The van der Waals surface area contributed by atoms with Gasteiger partial charge in [-0.05, 0) is 45.7 Å². The van der Waals surface area contributed by atoms with Crippen molar-refractivity contribution < 1.29 is 9.53 Å².